The van der Waals surface area contributed by atoms with Crippen LogP contribution in [0.25, 0.3) is 0 Å². The Bertz CT molecular complexity index is 734. The Kier molecular flexibility index (Phi) is 6.38. The molecule has 0 bridgehead atoms. The van der Waals surface area contributed by atoms with Crippen molar-refractivity contribution in [2.24, 2.45) is 5.92 Å². The van der Waals surface area contributed by atoms with Gasteiger partial charge in [0.05, 0.1) is 7.11 Å². The number of furan rings is 1. The molecule has 0 spiro atoms. The number of piperidine rings is 1. The lowest BCUT2D eigenvalue weighted by Crippen LogP contribution is -2.38. The van der Waals surface area contributed by atoms with Gasteiger partial charge in [0.2, 0.25) is 0 Å². The molecule has 1 amide bonds. The van der Waals surface area contributed by atoms with Crippen molar-refractivity contribution in [3.05, 3.63) is 51.9 Å². The smallest absolute Gasteiger partial charge is 0.287 e. The van der Waals surface area contributed by atoms with Crippen molar-refractivity contribution >= 4 is 21.8 Å². The number of carbonyl (C=O) groups excluding carboxylic acids is 1. The van der Waals surface area contributed by atoms with E-state index in [1.165, 1.54) is 5.56 Å². The van der Waals surface area contributed by atoms with E-state index in [9.17, 15) is 4.79 Å². The molecule has 1 aliphatic heterocycles. The molecule has 2 heterocycles. The highest BCUT2D eigenvalue weighted by Gasteiger charge is 2.21. The number of halogens is 1. The Hall–Kier alpha value is -1.79. The summed E-state index contributed by atoms with van der Waals surface area (Å²) in [4.78, 5) is 14.7. The van der Waals surface area contributed by atoms with Crippen LogP contribution in [0.1, 0.15) is 34.5 Å². The monoisotopic (exact) mass is 420 g/mol. The second-order valence-electron chi connectivity index (χ2n) is 6.84. The largest absolute Gasteiger partial charge is 0.497 e. The van der Waals surface area contributed by atoms with Gasteiger partial charge in [0, 0.05) is 18.7 Å². The number of amides is 1. The van der Waals surface area contributed by atoms with Crippen molar-refractivity contribution < 1.29 is 13.9 Å². The average molecular weight is 421 g/mol. The molecule has 0 radical (unpaired) electrons. The number of nitrogens with one attached hydrogen (secondary N) is 1. The van der Waals surface area contributed by atoms with Crippen LogP contribution in [0.5, 0.6) is 5.75 Å². The minimum absolute atomic E-state index is 0.131. The lowest BCUT2D eigenvalue weighted by Gasteiger charge is -2.32. The molecule has 0 aliphatic carbocycles. The zero-order valence-corrected chi connectivity index (χ0v) is 16.8. The zero-order valence-electron chi connectivity index (χ0n) is 15.3. The van der Waals surface area contributed by atoms with E-state index >= 15 is 0 Å². The molecule has 1 aliphatic rings. The molecule has 0 atom stereocenters. The van der Waals surface area contributed by atoms with Crippen molar-refractivity contribution in [3.8, 4) is 5.75 Å². The predicted molar refractivity (Wildman–Crippen MR) is 104 cm³/mol. The molecule has 1 aromatic carbocycles. The van der Waals surface area contributed by atoms with Crippen LogP contribution in [0.2, 0.25) is 0 Å². The third-order valence-corrected chi connectivity index (χ3v) is 5.31. The van der Waals surface area contributed by atoms with E-state index in [-0.39, 0.29) is 5.91 Å². The topological polar surface area (TPSA) is 54.7 Å². The summed E-state index contributed by atoms with van der Waals surface area (Å²) in [7, 11) is 1.69. The maximum Gasteiger partial charge on any atom is 0.287 e. The van der Waals surface area contributed by atoms with Crippen LogP contribution in [0, 0.1) is 12.8 Å². The molecule has 0 unspecified atom stereocenters. The molecule has 6 heteroatoms. The normalized spacial score (nSPS) is 15.8. The van der Waals surface area contributed by atoms with E-state index in [4.69, 9.17) is 9.15 Å². The van der Waals surface area contributed by atoms with E-state index < -0.39 is 0 Å². The fraction of sp³-hybridized carbons (Fsp3) is 0.450. The van der Waals surface area contributed by atoms with Crippen molar-refractivity contribution in [1.29, 1.82) is 0 Å². The number of methoxy groups -OCH3 is 1. The van der Waals surface area contributed by atoms with Gasteiger partial charge < -0.3 is 14.5 Å². The van der Waals surface area contributed by atoms with E-state index in [1.807, 2.05) is 25.1 Å². The molecule has 2 aromatic rings. The van der Waals surface area contributed by atoms with Crippen molar-refractivity contribution in [1.82, 2.24) is 10.2 Å². The molecule has 1 fully saturated rings. The molecule has 5 nitrogen and oxygen atoms in total. The molecule has 1 N–H and O–H groups in total. The second-order valence-corrected chi connectivity index (χ2v) is 7.62. The number of hydrogen-bond acceptors (Lipinski definition) is 4. The van der Waals surface area contributed by atoms with E-state index in [1.54, 1.807) is 7.11 Å². The number of ether oxygens (including phenoxy) is 1. The van der Waals surface area contributed by atoms with Gasteiger partial charge in [-0.1, -0.05) is 12.1 Å². The molecule has 140 valence electrons. The van der Waals surface area contributed by atoms with Gasteiger partial charge in [0.1, 0.15) is 5.75 Å². The molecular weight excluding hydrogens is 396 g/mol. The third kappa shape index (κ3) is 4.89. The number of benzene rings is 1. The van der Waals surface area contributed by atoms with Crippen LogP contribution in [0.3, 0.4) is 0 Å². The molecule has 26 heavy (non-hydrogen) atoms. The number of hydrogen-bond donors (Lipinski definition) is 1. The highest BCUT2D eigenvalue weighted by molar-refractivity contribution is 9.10. The maximum absolute atomic E-state index is 12.2. The average Bonchev–Trinajstić information content (AvgIpc) is 3.00. The van der Waals surface area contributed by atoms with Gasteiger partial charge in [-0.2, -0.15) is 0 Å². The maximum atomic E-state index is 12.2. The fourth-order valence-electron chi connectivity index (χ4n) is 3.32. The van der Waals surface area contributed by atoms with E-state index in [2.05, 4.69) is 38.3 Å². The van der Waals surface area contributed by atoms with Gasteiger partial charge in [-0.3, -0.25) is 9.69 Å². The lowest BCUT2D eigenvalue weighted by molar-refractivity contribution is 0.0905. The van der Waals surface area contributed by atoms with Crippen LogP contribution in [-0.2, 0) is 6.54 Å². The molecule has 1 saturated heterocycles. The SMILES string of the molecule is COc1ccc(CN2CCC(CNC(=O)c3oc(Br)cc3C)CC2)cc1. The number of carbonyl (C=O) groups is 1. The summed E-state index contributed by atoms with van der Waals surface area (Å²) in [6.45, 7) is 5.65. The lowest BCUT2D eigenvalue weighted by atomic mass is 9.96. The quantitative estimate of drug-likeness (QED) is 0.766. The minimum atomic E-state index is -0.131. The van der Waals surface area contributed by atoms with Crippen LogP contribution >= 0.6 is 15.9 Å². The van der Waals surface area contributed by atoms with Crippen LogP contribution in [0.15, 0.2) is 39.4 Å². The summed E-state index contributed by atoms with van der Waals surface area (Å²) in [6, 6.07) is 10.1. The Morgan fingerprint density at radius 2 is 2.00 bits per heavy atom. The van der Waals surface area contributed by atoms with Gasteiger partial charge in [-0.15, -0.1) is 0 Å². The van der Waals surface area contributed by atoms with Gasteiger partial charge >= 0.3 is 0 Å². The Balaban J connectivity index is 1.42. The first-order valence-corrected chi connectivity index (χ1v) is 9.74. The molecule has 3 rings (SSSR count). The third-order valence-electron chi connectivity index (χ3n) is 4.92. The standard InChI is InChI=1S/C20H25BrN2O3/c1-14-11-18(21)26-19(14)20(24)22-12-15-7-9-23(10-8-15)13-16-3-5-17(25-2)6-4-16/h3-6,11,15H,7-10,12-13H2,1-2H3,(H,22,24). The summed E-state index contributed by atoms with van der Waals surface area (Å²) in [6.07, 6.45) is 2.19. The first-order chi connectivity index (χ1) is 12.5. The summed E-state index contributed by atoms with van der Waals surface area (Å²) < 4.78 is 11.2. The van der Waals surface area contributed by atoms with Crippen LogP contribution in [0.4, 0.5) is 0 Å². The molecule has 1 aromatic heterocycles. The zero-order chi connectivity index (χ0) is 18.5. The number of nitrogens with zero attached hydrogens (tertiary/aromatic N) is 1. The summed E-state index contributed by atoms with van der Waals surface area (Å²) in [5.41, 5.74) is 2.15. The molecular formula is C20H25BrN2O3. The highest BCUT2D eigenvalue weighted by Crippen LogP contribution is 2.21. The first kappa shape index (κ1) is 19.0. The predicted octanol–water partition coefficient (Wildman–Crippen LogP) is 4.00. The summed E-state index contributed by atoms with van der Waals surface area (Å²) >= 11 is 3.26. The number of aryl methyl sites for hydroxylation is 1. The van der Waals surface area contributed by atoms with Crippen LogP contribution < -0.4 is 10.1 Å². The van der Waals surface area contributed by atoms with Gasteiger partial charge in [0.15, 0.2) is 10.4 Å². The fourth-order valence-corrected chi connectivity index (χ4v) is 3.83. The van der Waals surface area contributed by atoms with Crippen molar-refractivity contribution in [2.75, 3.05) is 26.7 Å². The Morgan fingerprint density at radius 1 is 1.31 bits per heavy atom. The van der Waals surface area contributed by atoms with Gasteiger partial charge in [0.25, 0.3) is 5.91 Å². The highest BCUT2D eigenvalue weighted by atomic mass is 79.9. The Morgan fingerprint density at radius 3 is 2.58 bits per heavy atom. The Labute approximate surface area is 162 Å². The van der Waals surface area contributed by atoms with E-state index in [0.29, 0.717) is 22.9 Å². The van der Waals surface area contributed by atoms with Crippen molar-refractivity contribution in [2.45, 2.75) is 26.3 Å². The van der Waals surface area contributed by atoms with E-state index in [0.717, 1.165) is 43.8 Å². The summed E-state index contributed by atoms with van der Waals surface area (Å²) in [5, 5.41) is 3.01. The van der Waals surface area contributed by atoms with Gasteiger partial charge in [-0.05, 0) is 78.5 Å². The number of rotatable bonds is 6. The second kappa shape index (κ2) is 8.73. The number of likely N-dealkylation sites (tertiary alicyclic amines) is 1. The first-order valence-electron chi connectivity index (χ1n) is 8.94. The van der Waals surface area contributed by atoms with Crippen molar-refractivity contribution in [3.63, 3.8) is 0 Å². The minimum Gasteiger partial charge on any atom is -0.497 e. The molecule has 0 saturated carbocycles. The van der Waals surface area contributed by atoms with Crippen LogP contribution in [-0.4, -0.2) is 37.6 Å². The van der Waals surface area contributed by atoms with Gasteiger partial charge in [-0.25, -0.2) is 0 Å². The summed E-state index contributed by atoms with van der Waals surface area (Å²) in [5.74, 6) is 1.68.